The van der Waals surface area contributed by atoms with Crippen LogP contribution in [-0.2, 0) is 4.79 Å². The zero-order valence-corrected chi connectivity index (χ0v) is 12.0. The van der Waals surface area contributed by atoms with E-state index in [1.54, 1.807) is 12.1 Å². The van der Waals surface area contributed by atoms with Crippen LogP contribution in [0.2, 0.25) is 0 Å². The van der Waals surface area contributed by atoms with Crippen molar-refractivity contribution in [1.82, 2.24) is 9.88 Å². The summed E-state index contributed by atoms with van der Waals surface area (Å²) in [4.78, 5) is 18.3. The minimum atomic E-state index is 0.163. The summed E-state index contributed by atoms with van der Waals surface area (Å²) in [5, 5.41) is 0.524. The highest BCUT2D eigenvalue weighted by molar-refractivity contribution is 7.99. The monoisotopic (exact) mass is 291 g/mol. The second-order valence-electron chi connectivity index (χ2n) is 4.94. The van der Waals surface area contributed by atoms with Crippen LogP contribution in [0.4, 0.5) is 5.69 Å². The normalized spacial score (nSPS) is 15.7. The number of hydrogen-bond donors (Lipinski definition) is 1. The molecular weight excluding hydrogens is 274 g/mol. The second kappa shape index (κ2) is 5.75. The van der Waals surface area contributed by atoms with E-state index in [1.165, 1.54) is 18.2 Å². The standard InChI is InChI=1S/C14H17N3O2S/c15-10-4-5-11-12(8-10)19-14(16-11)20-9-13(18)17-6-2-1-3-7-17/h4-5,8H,1-3,6-7,9,15H2. The van der Waals surface area contributed by atoms with Crippen molar-refractivity contribution in [3.8, 4) is 0 Å². The molecule has 2 N–H and O–H groups in total. The Morgan fingerprint density at radius 2 is 2.15 bits per heavy atom. The zero-order valence-electron chi connectivity index (χ0n) is 11.2. The summed E-state index contributed by atoms with van der Waals surface area (Å²) in [5.74, 6) is 0.541. The Morgan fingerprint density at radius 1 is 1.35 bits per heavy atom. The van der Waals surface area contributed by atoms with Gasteiger partial charge >= 0.3 is 0 Å². The van der Waals surface area contributed by atoms with Crippen LogP contribution in [0, 0.1) is 0 Å². The van der Waals surface area contributed by atoms with E-state index in [0.29, 0.717) is 22.2 Å². The van der Waals surface area contributed by atoms with Crippen molar-refractivity contribution < 1.29 is 9.21 Å². The van der Waals surface area contributed by atoms with Gasteiger partial charge in [-0.3, -0.25) is 4.79 Å². The highest BCUT2D eigenvalue weighted by Gasteiger charge is 2.17. The lowest BCUT2D eigenvalue weighted by Gasteiger charge is -2.26. The first kappa shape index (κ1) is 13.3. The third kappa shape index (κ3) is 2.90. The lowest BCUT2D eigenvalue weighted by molar-refractivity contribution is -0.129. The average Bonchev–Trinajstić information content (AvgIpc) is 2.87. The Kier molecular flexibility index (Phi) is 3.82. The molecule has 1 aliphatic heterocycles. The van der Waals surface area contributed by atoms with Gasteiger partial charge in [0.1, 0.15) is 5.52 Å². The number of thioether (sulfide) groups is 1. The highest BCUT2D eigenvalue weighted by atomic mass is 32.2. The number of nitrogens with two attached hydrogens (primary N) is 1. The number of benzene rings is 1. The molecule has 0 unspecified atom stereocenters. The van der Waals surface area contributed by atoms with E-state index in [4.69, 9.17) is 10.2 Å². The van der Waals surface area contributed by atoms with Crippen LogP contribution in [0.25, 0.3) is 11.1 Å². The number of nitrogens with zero attached hydrogens (tertiary/aromatic N) is 2. The largest absolute Gasteiger partial charge is 0.431 e. The summed E-state index contributed by atoms with van der Waals surface area (Å²) in [7, 11) is 0. The number of aromatic nitrogens is 1. The molecule has 1 aliphatic rings. The van der Waals surface area contributed by atoms with E-state index in [0.717, 1.165) is 31.4 Å². The van der Waals surface area contributed by atoms with Crippen molar-refractivity contribution in [2.45, 2.75) is 24.5 Å². The molecule has 0 radical (unpaired) electrons. The molecule has 0 bridgehead atoms. The van der Waals surface area contributed by atoms with Crippen LogP contribution in [0.3, 0.4) is 0 Å². The molecule has 0 saturated carbocycles. The third-order valence-corrected chi connectivity index (χ3v) is 4.23. The maximum atomic E-state index is 12.1. The lowest BCUT2D eigenvalue weighted by Crippen LogP contribution is -2.36. The number of nitrogen functional groups attached to an aromatic ring is 1. The fourth-order valence-corrected chi connectivity index (χ4v) is 3.08. The van der Waals surface area contributed by atoms with Gasteiger partial charge in [0, 0.05) is 24.8 Å². The van der Waals surface area contributed by atoms with Crippen LogP contribution in [0.1, 0.15) is 19.3 Å². The van der Waals surface area contributed by atoms with E-state index in [2.05, 4.69) is 4.98 Å². The van der Waals surface area contributed by atoms with E-state index in [-0.39, 0.29) is 5.91 Å². The minimum Gasteiger partial charge on any atom is -0.431 e. The number of likely N-dealkylation sites (tertiary alicyclic amines) is 1. The Hall–Kier alpha value is -1.69. The van der Waals surface area contributed by atoms with Gasteiger partial charge in [0.25, 0.3) is 5.22 Å². The molecule has 1 aromatic carbocycles. The number of fused-ring (bicyclic) bond motifs is 1. The van der Waals surface area contributed by atoms with E-state index < -0.39 is 0 Å². The molecule has 6 heteroatoms. The number of amides is 1. The van der Waals surface area contributed by atoms with Crippen molar-refractivity contribution in [2.24, 2.45) is 0 Å². The topological polar surface area (TPSA) is 72.4 Å². The number of hydrogen-bond acceptors (Lipinski definition) is 5. The molecule has 1 fully saturated rings. The summed E-state index contributed by atoms with van der Waals surface area (Å²) >= 11 is 1.34. The van der Waals surface area contributed by atoms with Crippen molar-refractivity contribution in [1.29, 1.82) is 0 Å². The van der Waals surface area contributed by atoms with E-state index >= 15 is 0 Å². The highest BCUT2D eigenvalue weighted by Crippen LogP contribution is 2.25. The van der Waals surface area contributed by atoms with Crippen LogP contribution in [0.15, 0.2) is 27.8 Å². The van der Waals surface area contributed by atoms with Crippen LogP contribution in [0.5, 0.6) is 0 Å². The van der Waals surface area contributed by atoms with Gasteiger partial charge in [-0.2, -0.15) is 0 Å². The summed E-state index contributed by atoms with van der Waals surface area (Å²) in [5.41, 5.74) is 7.78. The molecule has 0 atom stereocenters. The molecule has 106 valence electrons. The molecule has 2 aromatic rings. The molecule has 1 amide bonds. The smallest absolute Gasteiger partial charge is 0.257 e. The predicted octanol–water partition coefficient (Wildman–Crippen LogP) is 2.51. The Labute approximate surface area is 121 Å². The fourth-order valence-electron chi connectivity index (χ4n) is 2.34. The van der Waals surface area contributed by atoms with Crippen LogP contribution >= 0.6 is 11.8 Å². The summed E-state index contributed by atoms with van der Waals surface area (Å²) in [6, 6.07) is 5.36. The number of piperidine rings is 1. The van der Waals surface area contributed by atoms with Gasteiger partial charge in [-0.25, -0.2) is 4.98 Å². The van der Waals surface area contributed by atoms with Gasteiger partial charge in [0.2, 0.25) is 5.91 Å². The van der Waals surface area contributed by atoms with Gasteiger partial charge in [-0.05, 0) is 31.4 Å². The number of carbonyl (C=O) groups excluding carboxylic acids is 1. The molecule has 0 aliphatic carbocycles. The van der Waals surface area contributed by atoms with Crippen LogP contribution in [-0.4, -0.2) is 34.6 Å². The van der Waals surface area contributed by atoms with Crippen molar-refractivity contribution in [2.75, 3.05) is 24.6 Å². The number of anilines is 1. The molecule has 1 aromatic heterocycles. The maximum Gasteiger partial charge on any atom is 0.257 e. The molecule has 0 spiro atoms. The van der Waals surface area contributed by atoms with Crippen molar-refractivity contribution in [3.05, 3.63) is 18.2 Å². The van der Waals surface area contributed by atoms with Gasteiger partial charge in [0.05, 0.1) is 5.75 Å². The number of rotatable bonds is 3. The zero-order chi connectivity index (χ0) is 13.9. The Morgan fingerprint density at radius 3 is 2.95 bits per heavy atom. The van der Waals surface area contributed by atoms with Crippen LogP contribution < -0.4 is 5.73 Å². The van der Waals surface area contributed by atoms with Gasteiger partial charge in [0.15, 0.2) is 5.58 Å². The van der Waals surface area contributed by atoms with Gasteiger partial charge < -0.3 is 15.1 Å². The van der Waals surface area contributed by atoms with Gasteiger partial charge in [-0.15, -0.1) is 0 Å². The summed E-state index contributed by atoms with van der Waals surface area (Å²) in [6.07, 6.45) is 3.45. The molecule has 5 nitrogen and oxygen atoms in total. The molecule has 20 heavy (non-hydrogen) atoms. The second-order valence-corrected chi connectivity index (χ2v) is 5.86. The fraction of sp³-hybridized carbons (Fsp3) is 0.429. The molecule has 2 heterocycles. The predicted molar refractivity (Wildman–Crippen MR) is 79.6 cm³/mol. The SMILES string of the molecule is Nc1ccc2nc(SCC(=O)N3CCCCC3)oc2c1. The first-order valence-electron chi connectivity index (χ1n) is 6.79. The third-order valence-electron chi connectivity index (χ3n) is 3.42. The quantitative estimate of drug-likeness (QED) is 0.695. The molecule has 3 rings (SSSR count). The lowest BCUT2D eigenvalue weighted by atomic mass is 10.1. The van der Waals surface area contributed by atoms with Crippen molar-refractivity contribution >= 4 is 34.5 Å². The molecular formula is C14H17N3O2S. The van der Waals surface area contributed by atoms with Crippen molar-refractivity contribution in [3.63, 3.8) is 0 Å². The molecule has 1 saturated heterocycles. The first-order chi connectivity index (χ1) is 9.72. The Bertz CT molecular complexity index is 620. The minimum absolute atomic E-state index is 0.163. The van der Waals surface area contributed by atoms with E-state index in [1.807, 2.05) is 11.0 Å². The van der Waals surface area contributed by atoms with E-state index in [9.17, 15) is 4.79 Å². The maximum absolute atomic E-state index is 12.1. The number of oxazole rings is 1. The average molecular weight is 291 g/mol. The summed E-state index contributed by atoms with van der Waals surface area (Å²) < 4.78 is 5.59. The number of carbonyl (C=O) groups is 1. The van der Waals surface area contributed by atoms with Gasteiger partial charge in [-0.1, -0.05) is 11.8 Å². The first-order valence-corrected chi connectivity index (χ1v) is 7.77. The Balaban J connectivity index is 1.63. The summed E-state index contributed by atoms with van der Waals surface area (Å²) in [6.45, 7) is 1.76.